The molecular weight excluding hydrogens is 370 g/mol. The first-order valence-corrected chi connectivity index (χ1v) is 9.09. The number of aromatic nitrogens is 1. The van der Waals surface area contributed by atoms with Gasteiger partial charge in [0.2, 0.25) is 0 Å². The summed E-state index contributed by atoms with van der Waals surface area (Å²) < 4.78 is 16.0. The van der Waals surface area contributed by atoms with E-state index in [0.717, 1.165) is 17.2 Å². The van der Waals surface area contributed by atoms with Crippen LogP contribution in [-0.2, 0) is 0 Å². The van der Waals surface area contributed by atoms with Crippen molar-refractivity contribution in [3.05, 3.63) is 72.6 Å². The average molecular weight is 393 g/mol. The summed E-state index contributed by atoms with van der Waals surface area (Å²) in [6.45, 7) is 1.03. The molecule has 0 aliphatic rings. The fraction of sp³-hybridized carbons (Fsp3) is 0.182. The van der Waals surface area contributed by atoms with Crippen molar-refractivity contribution >= 4 is 17.3 Å². The summed E-state index contributed by atoms with van der Waals surface area (Å²) in [6.07, 6.45) is 3.18. The molecule has 3 aromatic rings. The number of nitrogens with zero attached hydrogens (tertiary/aromatic N) is 1. The molecule has 7 heteroatoms. The highest BCUT2D eigenvalue weighted by atomic mass is 16.5. The van der Waals surface area contributed by atoms with E-state index in [2.05, 4.69) is 15.6 Å². The lowest BCUT2D eigenvalue weighted by atomic mass is 10.2. The van der Waals surface area contributed by atoms with E-state index in [1.54, 1.807) is 38.6 Å². The Morgan fingerprint density at radius 3 is 2.41 bits per heavy atom. The van der Waals surface area contributed by atoms with Gasteiger partial charge in [-0.05, 0) is 42.5 Å². The molecule has 0 aliphatic carbocycles. The lowest BCUT2D eigenvalue weighted by Crippen LogP contribution is -2.14. The van der Waals surface area contributed by atoms with E-state index in [4.69, 9.17) is 14.2 Å². The van der Waals surface area contributed by atoms with E-state index >= 15 is 0 Å². The minimum absolute atomic E-state index is 0.246. The van der Waals surface area contributed by atoms with E-state index < -0.39 is 0 Å². The highest BCUT2D eigenvalue weighted by Crippen LogP contribution is 2.19. The molecule has 7 nitrogen and oxygen atoms in total. The van der Waals surface area contributed by atoms with E-state index in [0.29, 0.717) is 30.2 Å². The first-order chi connectivity index (χ1) is 14.2. The van der Waals surface area contributed by atoms with Crippen LogP contribution >= 0.6 is 0 Å². The number of nitrogens with one attached hydrogen (secondary N) is 2. The molecule has 29 heavy (non-hydrogen) atoms. The van der Waals surface area contributed by atoms with Crippen molar-refractivity contribution in [2.24, 2.45) is 0 Å². The number of carbonyl (C=O) groups is 1. The van der Waals surface area contributed by atoms with Crippen LogP contribution in [0.5, 0.6) is 17.2 Å². The molecule has 3 rings (SSSR count). The lowest BCUT2D eigenvalue weighted by molar-refractivity contribution is 0.102. The second-order valence-corrected chi connectivity index (χ2v) is 6.10. The maximum absolute atomic E-state index is 12.5. The molecule has 2 aromatic carbocycles. The Morgan fingerprint density at radius 1 is 0.897 bits per heavy atom. The molecule has 0 saturated heterocycles. The third-order valence-corrected chi connectivity index (χ3v) is 4.09. The second-order valence-electron chi connectivity index (χ2n) is 6.10. The van der Waals surface area contributed by atoms with Gasteiger partial charge in [0.25, 0.3) is 5.91 Å². The van der Waals surface area contributed by atoms with Crippen LogP contribution in [-0.4, -0.2) is 38.3 Å². The van der Waals surface area contributed by atoms with Crippen LogP contribution in [0.1, 0.15) is 10.4 Å². The van der Waals surface area contributed by atoms with E-state index in [1.165, 1.54) is 6.20 Å². The van der Waals surface area contributed by atoms with Crippen molar-refractivity contribution in [3.63, 3.8) is 0 Å². The van der Waals surface area contributed by atoms with Gasteiger partial charge in [0.15, 0.2) is 0 Å². The van der Waals surface area contributed by atoms with E-state index in [-0.39, 0.29) is 5.91 Å². The van der Waals surface area contributed by atoms with Gasteiger partial charge < -0.3 is 24.8 Å². The molecule has 150 valence electrons. The fourth-order valence-corrected chi connectivity index (χ4v) is 2.60. The Bertz CT molecular complexity index is 945. The number of hydrogen-bond acceptors (Lipinski definition) is 6. The van der Waals surface area contributed by atoms with Crippen LogP contribution in [0.4, 0.5) is 11.4 Å². The predicted molar refractivity (Wildman–Crippen MR) is 112 cm³/mol. The third kappa shape index (κ3) is 5.87. The van der Waals surface area contributed by atoms with Crippen molar-refractivity contribution in [2.45, 2.75) is 0 Å². The Balaban J connectivity index is 1.51. The van der Waals surface area contributed by atoms with Crippen LogP contribution < -0.4 is 24.8 Å². The van der Waals surface area contributed by atoms with Crippen molar-refractivity contribution in [1.82, 2.24) is 4.98 Å². The van der Waals surface area contributed by atoms with Crippen LogP contribution in [0.25, 0.3) is 0 Å². The predicted octanol–water partition coefficient (Wildman–Crippen LogP) is 3.84. The average Bonchev–Trinajstić information content (AvgIpc) is 2.77. The molecule has 0 bridgehead atoms. The van der Waals surface area contributed by atoms with Gasteiger partial charge in [-0.1, -0.05) is 6.07 Å². The Labute approximate surface area is 169 Å². The quantitative estimate of drug-likeness (QED) is 0.538. The van der Waals surface area contributed by atoms with E-state index in [1.807, 2.05) is 36.4 Å². The topological polar surface area (TPSA) is 81.7 Å². The molecule has 0 radical (unpaired) electrons. The first-order valence-electron chi connectivity index (χ1n) is 9.09. The van der Waals surface area contributed by atoms with Gasteiger partial charge >= 0.3 is 0 Å². The lowest BCUT2D eigenvalue weighted by Gasteiger charge is -2.10. The first kappa shape index (κ1) is 20.0. The van der Waals surface area contributed by atoms with Gasteiger partial charge in [-0.2, -0.15) is 0 Å². The zero-order valence-electron chi connectivity index (χ0n) is 16.3. The van der Waals surface area contributed by atoms with Crippen LogP contribution in [0, 0.1) is 0 Å². The summed E-state index contributed by atoms with van der Waals surface area (Å²) in [4.78, 5) is 16.6. The minimum atomic E-state index is -0.246. The number of methoxy groups -OCH3 is 2. The number of rotatable bonds is 9. The highest BCUT2D eigenvalue weighted by Gasteiger charge is 2.08. The molecule has 0 spiro atoms. The molecule has 1 amide bonds. The second kappa shape index (κ2) is 9.98. The Hall–Kier alpha value is -3.74. The fourth-order valence-electron chi connectivity index (χ4n) is 2.60. The van der Waals surface area contributed by atoms with Gasteiger partial charge in [-0.25, -0.2) is 0 Å². The smallest absolute Gasteiger partial charge is 0.257 e. The number of carbonyl (C=O) groups excluding carboxylic acids is 1. The molecule has 0 atom stereocenters. The minimum Gasteiger partial charge on any atom is -0.497 e. The molecule has 0 aliphatic heterocycles. The van der Waals surface area contributed by atoms with Gasteiger partial charge in [-0.3, -0.25) is 9.78 Å². The summed E-state index contributed by atoms with van der Waals surface area (Å²) in [5, 5.41) is 6.04. The van der Waals surface area contributed by atoms with Crippen molar-refractivity contribution in [1.29, 1.82) is 0 Å². The number of pyridine rings is 1. The summed E-state index contributed by atoms with van der Waals surface area (Å²) in [6, 6.07) is 16.3. The summed E-state index contributed by atoms with van der Waals surface area (Å²) in [5.74, 6) is 1.97. The van der Waals surface area contributed by atoms with Crippen LogP contribution in [0.2, 0.25) is 0 Å². The largest absolute Gasteiger partial charge is 0.497 e. The molecule has 2 N–H and O–H groups in total. The number of anilines is 2. The van der Waals surface area contributed by atoms with Gasteiger partial charge in [0, 0.05) is 30.7 Å². The standard InChI is InChI=1S/C22H23N3O4/c1-27-19-6-8-20(9-7-19)29-11-10-24-18-12-16(14-23-15-18)22(26)25-17-4-3-5-21(13-17)28-2/h3-9,12-15,24H,10-11H2,1-2H3,(H,25,26). The summed E-state index contributed by atoms with van der Waals surface area (Å²) >= 11 is 0. The molecular formula is C22H23N3O4. The van der Waals surface area contributed by atoms with Gasteiger partial charge in [-0.15, -0.1) is 0 Å². The van der Waals surface area contributed by atoms with Crippen molar-refractivity contribution in [3.8, 4) is 17.2 Å². The monoisotopic (exact) mass is 393 g/mol. The summed E-state index contributed by atoms with van der Waals surface area (Å²) in [5.41, 5.74) is 1.84. The zero-order valence-corrected chi connectivity index (χ0v) is 16.3. The normalized spacial score (nSPS) is 10.1. The third-order valence-electron chi connectivity index (χ3n) is 4.09. The van der Waals surface area contributed by atoms with Crippen molar-refractivity contribution < 1.29 is 19.0 Å². The molecule has 1 aromatic heterocycles. The number of ether oxygens (including phenoxy) is 3. The number of benzene rings is 2. The molecule has 0 saturated carbocycles. The molecule has 0 unspecified atom stereocenters. The summed E-state index contributed by atoms with van der Waals surface area (Å²) in [7, 11) is 3.21. The Morgan fingerprint density at radius 2 is 1.66 bits per heavy atom. The van der Waals surface area contributed by atoms with Crippen LogP contribution in [0.3, 0.4) is 0 Å². The number of hydrogen-bond donors (Lipinski definition) is 2. The van der Waals surface area contributed by atoms with Crippen LogP contribution in [0.15, 0.2) is 67.0 Å². The zero-order chi connectivity index (χ0) is 20.5. The highest BCUT2D eigenvalue weighted by molar-refractivity contribution is 6.04. The number of amides is 1. The maximum Gasteiger partial charge on any atom is 0.257 e. The molecule has 1 heterocycles. The maximum atomic E-state index is 12.5. The van der Waals surface area contributed by atoms with Gasteiger partial charge in [0.1, 0.15) is 23.9 Å². The SMILES string of the molecule is COc1ccc(OCCNc2cncc(C(=O)Nc3cccc(OC)c3)c2)cc1. The molecule has 0 fully saturated rings. The van der Waals surface area contributed by atoms with Crippen molar-refractivity contribution in [2.75, 3.05) is 38.0 Å². The van der Waals surface area contributed by atoms with Gasteiger partial charge in [0.05, 0.1) is 25.5 Å². The van der Waals surface area contributed by atoms with E-state index in [9.17, 15) is 4.79 Å². The Kier molecular flexibility index (Phi) is 6.89.